The van der Waals surface area contributed by atoms with Crippen LogP contribution in [-0.4, -0.2) is 67.6 Å². The Labute approximate surface area is 201 Å². The normalized spacial score (nSPS) is 17.3. The molecule has 0 radical (unpaired) electrons. The number of sulfonamides is 1. The van der Waals surface area contributed by atoms with Crippen LogP contribution in [0.2, 0.25) is 0 Å². The van der Waals surface area contributed by atoms with E-state index in [9.17, 15) is 8.42 Å². The van der Waals surface area contributed by atoms with Gasteiger partial charge >= 0.3 is 0 Å². The van der Waals surface area contributed by atoms with E-state index < -0.39 is 10.0 Å². The minimum Gasteiger partial charge on any atom is -0.370 e. The van der Waals surface area contributed by atoms with Crippen LogP contribution in [-0.2, 0) is 28.4 Å². The Morgan fingerprint density at radius 1 is 1.32 bits per heavy atom. The molecular formula is C20H31IN6O3S. The molecule has 9 nitrogen and oxygen atoms in total. The summed E-state index contributed by atoms with van der Waals surface area (Å²) in [6, 6.07) is 9.46. The van der Waals surface area contributed by atoms with Crippen molar-refractivity contribution in [1.82, 2.24) is 24.7 Å². The molecule has 1 aliphatic heterocycles. The maximum absolute atomic E-state index is 12.3. The molecule has 1 aromatic heterocycles. The second kappa shape index (κ2) is 12.4. The highest BCUT2D eigenvalue weighted by molar-refractivity contribution is 14.0. The maximum atomic E-state index is 12.3. The number of aromatic nitrogens is 2. The van der Waals surface area contributed by atoms with Crippen LogP contribution >= 0.6 is 24.0 Å². The van der Waals surface area contributed by atoms with Gasteiger partial charge in [-0.2, -0.15) is 5.10 Å². The van der Waals surface area contributed by atoms with Gasteiger partial charge in [-0.05, 0) is 12.5 Å². The Kier molecular flexibility index (Phi) is 10.2. The van der Waals surface area contributed by atoms with E-state index in [4.69, 9.17) is 4.74 Å². The van der Waals surface area contributed by atoms with Crippen molar-refractivity contribution in [2.75, 3.05) is 38.5 Å². The maximum Gasteiger partial charge on any atom is 0.213 e. The van der Waals surface area contributed by atoms with Crippen molar-refractivity contribution < 1.29 is 13.2 Å². The lowest BCUT2D eigenvalue weighted by molar-refractivity contribution is -0.00802. The number of hydrogen-bond acceptors (Lipinski definition) is 5. The summed E-state index contributed by atoms with van der Waals surface area (Å²) in [6.45, 7) is 5.06. The molecule has 1 fully saturated rings. The largest absolute Gasteiger partial charge is 0.370 e. The van der Waals surface area contributed by atoms with Gasteiger partial charge in [0.1, 0.15) is 6.10 Å². The van der Waals surface area contributed by atoms with E-state index in [1.165, 1.54) is 0 Å². The van der Waals surface area contributed by atoms with E-state index in [0.29, 0.717) is 32.2 Å². The highest BCUT2D eigenvalue weighted by atomic mass is 127. The quantitative estimate of drug-likeness (QED) is 0.288. The lowest BCUT2D eigenvalue weighted by Gasteiger charge is -2.34. The lowest BCUT2D eigenvalue weighted by Crippen LogP contribution is -2.48. The van der Waals surface area contributed by atoms with Gasteiger partial charge in [-0.3, -0.25) is 9.67 Å². The number of aliphatic imine (C=N–C) groups is 1. The minimum atomic E-state index is -3.41. The summed E-state index contributed by atoms with van der Waals surface area (Å²) in [4.78, 5) is 6.65. The predicted octanol–water partition coefficient (Wildman–Crippen LogP) is 1.50. The predicted molar refractivity (Wildman–Crippen MR) is 132 cm³/mol. The average Bonchev–Trinajstić information content (AvgIpc) is 3.19. The molecule has 1 saturated heterocycles. The van der Waals surface area contributed by atoms with Crippen LogP contribution in [0.1, 0.15) is 24.2 Å². The Bertz CT molecular complexity index is 935. The van der Waals surface area contributed by atoms with Gasteiger partial charge in [-0.1, -0.05) is 30.3 Å². The summed E-state index contributed by atoms with van der Waals surface area (Å²) in [6.07, 6.45) is 3.67. The first-order valence-electron chi connectivity index (χ1n) is 10.1. The summed E-state index contributed by atoms with van der Waals surface area (Å²) in [5.41, 5.74) is 1.94. The van der Waals surface area contributed by atoms with Gasteiger partial charge in [0, 0.05) is 38.4 Å². The van der Waals surface area contributed by atoms with Crippen LogP contribution in [0, 0.1) is 0 Å². The van der Waals surface area contributed by atoms with Gasteiger partial charge in [-0.15, -0.1) is 24.0 Å². The molecule has 31 heavy (non-hydrogen) atoms. The fourth-order valence-electron chi connectivity index (χ4n) is 3.21. The number of morpholine rings is 1. The van der Waals surface area contributed by atoms with Gasteiger partial charge in [0.05, 0.1) is 31.6 Å². The van der Waals surface area contributed by atoms with Crippen LogP contribution in [0.15, 0.2) is 47.7 Å². The fourth-order valence-corrected chi connectivity index (χ4v) is 4.07. The molecule has 1 unspecified atom stereocenters. The van der Waals surface area contributed by atoms with Crippen LogP contribution in [0.5, 0.6) is 0 Å². The Morgan fingerprint density at radius 2 is 2.10 bits per heavy atom. The van der Waals surface area contributed by atoms with Crippen molar-refractivity contribution in [2.45, 2.75) is 19.6 Å². The smallest absolute Gasteiger partial charge is 0.213 e. The van der Waals surface area contributed by atoms with E-state index in [1.807, 2.05) is 56.7 Å². The molecule has 0 aliphatic carbocycles. The third-order valence-corrected chi connectivity index (χ3v) is 6.06. The molecule has 0 saturated carbocycles. The Balaban J connectivity index is 0.00000341. The summed E-state index contributed by atoms with van der Waals surface area (Å²) >= 11 is 0. The molecule has 3 rings (SSSR count). The molecule has 1 aliphatic rings. The molecule has 2 aromatic rings. The first-order chi connectivity index (χ1) is 14.5. The number of rotatable bonds is 8. The molecule has 2 N–H and O–H groups in total. The number of ether oxygens (including phenoxy) is 1. The highest BCUT2D eigenvalue weighted by Gasteiger charge is 2.25. The van der Waals surface area contributed by atoms with E-state index >= 15 is 0 Å². The monoisotopic (exact) mass is 562 g/mol. The van der Waals surface area contributed by atoms with E-state index in [-0.39, 0.29) is 48.9 Å². The second-order valence-electron chi connectivity index (χ2n) is 7.11. The number of benzene rings is 1. The zero-order valence-electron chi connectivity index (χ0n) is 17.9. The van der Waals surface area contributed by atoms with Gasteiger partial charge in [-0.25, -0.2) is 13.1 Å². The first-order valence-corrected chi connectivity index (χ1v) is 11.8. The van der Waals surface area contributed by atoms with Crippen molar-refractivity contribution in [3.05, 3.63) is 53.9 Å². The number of guanidine groups is 1. The third-order valence-electron chi connectivity index (χ3n) is 4.76. The second-order valence-corrected chi connectivity index (χ2v) is 9.04. The topological polar surface area (TPSA) is 101 Å². The van der Waals surface area contributed by atoms with Crippen molar-refractivity contribution >= 4 is 40.0 Å². The van der Waals surface area contributed by atoms with Gasteiger partial charge in [0.2, 0.25) is 10.0 Å². The van der Waals surface area contributed by atoms with Crippen LogP contribution < -0.4 is 10.0 Å². The molecular weight excluding hydrogens is 531 g/mol. The molecule has 172 valence electrons. The van der Waals surface area contributed by atoms with Crippen molar-refractivity contribution in [3.8, 4) is 0 Å². The molecule has 0 amide bonds. The Morgan fingerprint density at radius 3 is 2.77 bits per heavy atom. The average molecular weight is 562 g/mol. The van der Waals surface area contributed by atoms with E-state index in [0.717, 1.165) is 11.1 Å². The molecule has 0 bridgehead atoms. The number of hydrogen-bond donors (Lipinski definition) is 2. The Hall–Kier alpha value is -1.70. The summed E-state index contributed by atoms with van der Waals surface area (Å²) in [5.74, 6) is 0.637. The summed E-state index contributed by atoms with van der Waals surface area (Å²) in [7, 11) is -1.53. The number of nitrogens with zero attached hydrogens (tertiary/aromatic N) is 4. The zero-order chi connectivity index (χ0) is 21.4. The summed E-state index contributed by atoms with van der Waals surface area (Å²) < 4.78 is 34.9. The highest BCUT2D eigenvalue weighted by Crippen LogP contribution is 2.21. The van der Waals surface area contributed by atoms with Crippen LogP contribution in [0.4, 0.5) is 0 Å². The van der Waals surface area contributed by atoms with Crippen LogP contribution in [0.25, 0.3) is 0 Å². The first kappa shape index (κ1) is 25.6. The number of nitrogens with one attached hydrogen (secondary N) is 2. The molecule has 1 aromatic carbocycles. The van der Waals surface area contributed by atoms with E-state index in [2.05, 4.69) is 25.0 Å². The lowest BCUT2D eigenvalue weighted by atomic mass is 10.1. The van der Waals surface area contributed by atoms with E-state index in [1.54, 1.807) is 4.68 Å². The SMILES string of the molecule is CCNC(=NCCS(=O)(=O)NCc1ccccc1)N1CCOC(c2cnn(C)c2)C1.I. The molecule has 0 spiro atoms. The number of halogens is 1. The van der Waals surface area contributed by atoms with Gasteiger partial charge < -0.3 is 15.0 Å². The molecule has 11 heteroatoms. The van der Waals surface area contributed by atoms with Gasteiger partial charge in [0.15, 0.2) is 5.96 Å². The van der Waals surface area contributed by atoms with Crippen molar-refractivity contribution in [2.24, 2.45) is 12.0 Å². The van der Waals surface area contributed by atoms with Gasteiger partial charge in [0.25, 0.3) is 0 Å². The molecule has 2 heterocycles. The minimum absolute atomic E-state index is 0. The van der Waals surface area contributed by atoms with Crippen molar-refractivity contribution in [1.29, 1.82) is 0 Å². The van der Waals surface area contributed by atoms with Crippen molar-refractivity contribution in [3.63, 3.8) is 0 Å². The standard InChI is InChI=1S/C20H30N6O3S.HI/c1-3-21-20(26-10-11-29-19(16-26)18-14-23-25(2)15-18)22-9-12-30(27,28)24-13-17-7-5-4-6-8-17;/h4-8,14-15,19,24H,3,9-13,16H2,1-2H3,(H,21,22);1H. The number of aryl methyl sites for hydroxylation is 1. The fraction of sp³-hybridized carbons (Fsp3) is 0.500. The summed E-state index contributed by atoms with van der Waals surface area (Å²) in [5, 5.41) is 7.47. The zero-order valence-corrected chi connectivity index (χ0v) is 21.0. The molecule has 1 atom stereocenters. The third kappa shape index (κ3) is 8.05. The van der Waals surface area contributed by atoms with Crippen LogP contribution in [0.3, 0.4) is 0 Å².